The first-order valence-corrected chi connectivity index (χ1v) is 13.7. The van der Waals surface area contributed by atoms with Crippen molar-refractivity contribution in [2.24, 2.45) is 4.99 Å². The average Bonchev–Trinajstić information content (AvgIpc) is 3.16. The molecule has 0 bridgehead atoms. The van der Waals surface area contributed by atoms with Gasteiger partial charge in [-0.2, -0.15) is 0 Å². The van der Waals surface area contributed by atoms with Crippen LogP contribution >= 0.6 is 43.2 Å². The average molecular weight is 635 g/mol. The van der Waals surface area contributed by atoms with Gasteiger partial charge in [0.25, 0.3) is 11.5 Å². The van der Waals surface area contributed by atoms with E-state index in [1.165, 1.54) is 11.3 Å². The summed E-state index contributed by atoms with van der Waals surface area (Å²) in [4.78, 5) is 34.4. The Morgan fingerprint density at radius 2 is 1.94 bits per heavy atom. The molecule has 0 saturated heterocycles. The van der Waals surface area contributed by atoms with E-state index in [-0.39, 0.29) is 17.2 Å². The predicted octanol–water partition coefficient (Wildman–Crippen LogP) is 4.34. The van der Waals surface area contributed by atoms with Gasteiger partial charge in [0.15, 0.2) is 4.80 Å². The number of amides is 1. The number of carbonyl (C=O) groups excluding carboxylic acids is 1. The number of ether oxygens (including phenoxy) is 1. The first kappa shape index (κ1) is 26.4. The first-order valence-electron chi connectivity index (χ1n) is 11.3. The van der Waals surface area contributed by atoms with E-state index in [4.69, 9.17) is 4.74 Å². The van der Waals surface area contributed by atoms with Crippen molar-refractivity contribution in [1.82, 2.24) is 9.47 Å². The number of aromatic nitrogens is 1. The quantitative estimate of drug-likeness (QED) is 0.437. The minimum Gasteiger partial charge on any atom is -0.506 e. The second-order valence-electron chi connectivity index (χ2n) is 8.13. The summed E-state index contributed by atoms with van der Waals surface area (Å²) in [6, 6.07) is 10.1. The van der Waals surface area contributed by atoms with Gasteiger partial charge < -0.3 is 14.7 Å². The number of para-hydroxylation sites is 1. The Morgan fingerprint density at radius 3 is 2.61 bits per heavy atom. The summed E-state index contributed by atoms with van der Waals surface area (Å²) >= 11 is 7.98. The SMILES string of the molecule is CCN(CC)C(=O)C1=C(C)N=c2s/c(=C/c3cc(Br)cc(Br)c3O)c(=O)n2[C@H]1c1ccccc1OC. The summed E-state index contributed by atoms with van der Waals surface area (Å²) in [5.41, 5.74) is 1.87. The fraction of sp³-hybridized carbons (Fsp3) is 0.269. The fourth-order valence-electron chi connectivity index (χ4n) is 4.30. The number of halogens is 2. The lowest BCUT2D eigenvalue weighted by atomic mass is 9.94. The zero-order valence-electron chi connectivity index (χ0n) is 20.2. The summed E-state index contributed by atoms with van der Waals surface area (Å²) in [6.45, 7) is 6.71. The molecule has 2 heterocycles. The summed E-state index contributed by atoms with van der Waals surface area (Å²) in [7, 11) is 1.57. The number of phenolic OH excluding ortho intramolecular Hbond substituents is 1. The van der Waals surface area contributed by atoms with E-state index >= 15 is 0 Å². The molecule has 0 unspecified atom stereocenters. The molecule has 1 amide bonds. The Kier molecular flexibility index (Phi) is 7.87. The molecular weight excluding hydrogens is 610 g/mol. The molecule has 188 valence electrons. The van der Waals surface area contributed by atoms with Crippen molar-refractivity contribution in [2.75, 3.05) is 20.2 Å². The molecule has 0 fully saturated rings. The van der Waals surface area contributed by atoms with Gasteiger partial charge in [-0.1, -0.05) is 45.5 Å². The van der Waals surface area contributed by atoms with E-state index in [1.54, 1.807) is 41.7 Å². The molecule has 1 N–H and O–H groups in total. The normalized spacial score (nSPS) is 15.5. The Morgan fingerprint density at radius 1 is 1.25 bits per heavy atom. The number of phenols is 1. The van der Waals surface area contributed by atoms with Crippen molar-refractivity contribution in [2.45, 2.75) is 26.8 Å². The third kappa shape index (κ3) is 4.69. The van der Waals surface area contributed by atoms with Crippen LogP contribution in [0.1, 0.15) is 37.9 Å². The molecule has 0 aliphatic carbocycles. The largest absolute Gasteiger partial charge is 0.506 e. The molecule has 1 aliphatic heterocycles. The van der Waals surface area contributed by atoms with E-state index in [2.05, 4.69) is 36.9 Å². The van der Waals surface area contributed by atoms with Gasteiger partial charge in [0.05, 0.1) is 27.4 Å². The highest BCUT2D eigenvalue weighted by molar-refractivity contribution is 9.11. The van der Waals surface area contributed by atoms with Crippen LogP contribution in [-0.2, 0) is 4.79 Å². The van der Waals surface area contributed by atoms with E-state index in [0.717, 1.165) is 4.47 Å². The van der Waals surface area contributed by atoms with E-state index in [9.17, 15) is 14.7 Å². The zero-order chi connectivity index (χ0) is 26.1. The number of allylic oxidation sites excluding steroid dienone is 1. The topological polar surface area (TPSA) is 84.1 Å². The Labute approximate surface area is 229 Å². The van der Waals surface area contributed by atoms with Crippen molar-refractivity contribution < 1.29 is 14.6 Å². The van der Waals surface area contributed by atoms with Crippen LogP contribution in [0.5, 0.6) is 11.5 Å². The summed E-state index contributed by atoms with van der Waals surface area (Å²) in [5.74, 6) is 0.434. The van der Waals surface area contributed by atoms with Crippen LogP contribution in [-0.4, -0.2) is 40.7 Å². The Bertz CT molecular complexity index is 1550. The lowest BCUT2D eigenvalue weighted by Crippen LogP contribution is -2.43. The number of thiazole rings is 1. The van der Waals surface area contributed by atoms with Gasteiger partial charge in [0.2, 0.25) is 0 Å². The second kappa shape index (κ2) is 10.7. The summed E-state index contributed by atoms with van der Waals surface area (Å²) in [6.07, 6.45) is 1.64. The highest BCUT2D eigenvalue weighted by Crippen LogP contribution is 2.36. The molecule has 36 heavy (non-hydrogen) atoms. The van der Waals surface area contributed by atoms with Gasteiger partial charge in [0, 0.05) is 28.7 Å². The highest BCUT2D eigenvalue weighted by atomic mass is 79.9. The highest BCUT2D eigenvalue weighted by Gasteiger charge is 2.35. The monoisotopic (exact) mass is 633 g/mol. The molecule has 7 nitrogen and oxygen atoms in total. The van der Waals surface area contributed by atoms with Crippen molar-refractivity contribution in [3.8, 4) is 11.5 Å². The molecule has 3 aromatic rings. The van der Waals surface area contributed by atoms with Crippen LogP contribution in [0.3, 0.4) is 0 Å². The smallest absolute Gasteiger partial charge is 0.271 e. The third-order valence-electron chi connectivity index (χ3n) is 6.08. The molecular formula is C26H25Br2N3O4S. The third-order valence-corrected chi connectivity index (χ3v) is 8.13. The molecule has 2 aromatic carbocycles. The molecule has 1 atom stereocenters. The van der Waals surface area contributed by atoms with Gasteiger partial charge in [0.1, 0.15) is 17.5 Å². The molecule has 1 aliphatic rings. The van der Waals surface area contributed by atoms with Crippen molar-refractivity contribution in [3.63, 3.8) is 0 Å². The number of methoxy groups -OCH3 is 1. The van der Waals surface area contributed by atoms with Gasteiger partial charge in [-0.25, -0.2) is 4.99 Å². The molecule has 0 spiro atoms. The van der Waals surface area contributed by atoms with E-state index in [0.29, 0.717) is 55.0 Å². The number of hydrogen-bond donors (Lipinski definition) is 1. The van der Waals surface area contributed by atoms with Crippen molar-refractivity contribution in [3.05, 3.63) is 87.4 Å². The fourth-order valence-corrected chi connectivity index (χ4v) is 6.60. The van der Waals surface area contributed by atoms with Crippen LogP contribution in [0, 0.1) is 0 Å². The predicted molar refractivity (Wildman–Crippen MR) is 148 cm³/mol. The molecule has 4 rings (SSSR count). The van der Waals surface area contributed by atoms with Crippen molar-refractivity contribution >= 4 is 55.2 Å². The molecule has 0 radical (unpaired) electrons. The van der Waals surface area contributed by atoms with E-state index in [1.807, 2.05) is 38.1 Å². The number of fused-ring (bicyclic) bond motifs is 1. The van der Waals surface area contributed by atoms with Gasteiger partial charge in [-0.05, 0) is 61.0 Å². The van der Waals surface area contributed by atoms with Crippen molar-refractivity contribution in [1.29, 1.82) is 0 Å². The van der Waals surface area contributed by atoms with Crippen LogP contribution in [0.4, 0.5) is 0 Å². The Balaban J connectivity index is 2.02. The van der Waals surface area contributed by atoms with Gasteiger partial charge >= 0.3 is 0 Å². The van der Waals surface area contributed by atoms with Crippen LogP contribution in [0.15, 0.2) is 66.4 Å². The van der Waals surface area contributed by atoms with Gasteiger partial charge in [-0.15, -0.1) is 0 Å². The Hall–Kier alpha value is -2.69. The minimum atomic E-state index is -0.713. The number of hydrogen-bond acceptors (Lipinski definition) is 6. The number of benzene rings is 2. The van der Waals surface area contributed by atoms with E-state index < -0.39 is 6.04 Å². The number of aromatic hydroxyl groups is 1. The minimum absolute atomic E-state index is 0.0268. The first-order chi connectivity index (χ1) is 17.2. The van der Waals surface area contributed by atoms with Gasteiger partial charge in [-0.3, -0.25) is 14.2 Å². The lowest BCUT2D eigenvalue weighted by Gasteiger charge is -2.29. The summed E-state index contributed by atoms with van der Waals surface area (Å²) in [5, 5.41) is 10.5. The maximum absolute atomic E-state index is 13.9. The molecule has 1 aromatic heterocycles. The molecule has 10 heteroatoms. The zero-order valence-corrected chi connectivity index (χ0v) is 24.2. The maximum Gasteiger partial charge on any atom is 0.271 e. The number of likely N-dealkylation sites (N-methyl/N-ethyl adjacent to an activating group) is 1. The lowest BCUT2D eigenvalue weighted by molar-refractivity contribution is -0.127. The van der Waals surface area contributed by atoms with Crippen LogP contribution in [0.25, 0.3) is 6.08 Å². The van der Waals surface area contributed by atoms with Crippen LogP contribution < -0.4 is 19.6 Å². The number of nitrogens with zero attached hydrogens (tertiary/aromatic N) is 3. The van der Waals surface area contributed by atoms with Crippen LogP contribution in [0.2, 0.25) is 0 Å². The number of carbonyl (C=O) groups is 1. The molecule has 0 saturated carbocycles. The second-order valence-corrected chi connectivity index (χ2v) is 10.9. The number of rotatable bonds is 6. The standard InChI is InChI=1S/C26H25Br2N3O4S/c1-5-30(6-2)25(34)21-14(3)29-26-31(22(21)17-9-7-8-10-19(17)35-4)24(33)20(36-26)12-15-11-16(27)13-18(28)23(15)32/h7-13,22,32H,5-6H2,1-4H3/b20-12+/t22-/m0/s1. The maximum atomic E-state index is 13.9. The summed E-state index contributed by atoms with van der Waals surface area (Å²) < 4.78 is 8.83.